The number of rotatable bonds is 12. The predicted octanol–water partition coefficient (Wildman–Crippen LogP) is 1.13. The van der Waals surface area contributed by atoms with Gasteiger partial charge in [-0.1, -0.05) is 38.1 Å². The third kappa shape index (κ3) is 7.63. The third-order valence-electron chi connectivity index (χ3n) is 5.91. The van der Waals surface area contributed by atoms with Gasteiger partial charge in [0.2, 0.25) is 11.8 Å². The van der Waals surface area contributed by atoms with Crippen molar-refractivity contribution in [2.24, 2.45) is 11.7 Å². The number of carboxylic acids is 1. The van der Waals surface area contributed by atoms with Crippen LogP contribution in [-0.4, -0.2) is 76.3 Å². The topological polar surface area (TPSA) is 125 Å². The van der Waals surface area contributed by atoms with Gasteiger partial charge in [0.05, 0.1) is 6.04 Å². The summed E-state index contributed by atoms with van der Waals surface area (Å²) in [6.07, 6.45) is 3.05. The molecule has 0 radical (unpaired) electrons. The molecule has 1 aliphatic rings. The molecule has 5 N–H and O–H groups in total. The molecule has 33 heavy (non-hydrogen) atoms. The number of hydrogen-bond donors (Lipinski definition) is 5. The van der Waals surface area contributed by atoms with Crippen molar-refractivity contribution in [3.8, 4) is 0 Å². The highest BCUT2D eigenvalue weighted by atomic mass is 32.2. The van der Waals surface area contributed by atoms with Crippen molar-refractivity contribution in [2.45, 2.75) is 57.4 Å². The van der Waals surface area contributed by atoms with E-state index in [0.29, 0.717) is 25.9 Å². The first-order chi connectivity index (χ1) is 15.7. The number of thioether (sulfide) groups is 1. The zero-order valence-corrected chi connectivity index (χ0v) is 21.2. The summed E-state index contributed by atoms with van der Waals surface area (Å²) in [5.41, 5.74) is 8.00. The van der Waals surface area contributed by atoms with Crippen LogP contribution in [0.3, 0.4) is 0 Å². The Morgan fingerprint density at radius 1 is 1.27 bits per heavy atom. The first-order valence-electron chi connectivity index (χ1n) is 11.2. The van der Waals surface area contributed by atoms with Gasteiger partial charge < -0.3 is 26.4 Å². The summed E-state index contributed by atoms with van der Waals surface area (Å²) >= 11 is 5.67. The molecule has 2 amide bonds. The van der Waals surface area contributed by atoms with Gasteiger partial charge in [-0.15, -0.1) is 0 Å². The molecule has 0 saturated carbocycles. The molecule has 0 unspecified atom stereocenters. The van der Waals surface area contributed by atoms with Crippen LogP contribution in [-0.2, 0) is 27.3 Å². The Bertz CT molecular complexity index is 823. The molecule has 0 bridgehead atoms. The van der Waals surface area contributed by atoms with Gasteiger partial charge in [0, 0.05) is 24.9 Å². The van der Waals surface area contributed by atoms with Crippen LogP contribution in [0.1, 0.15) is 31.4 Å². The molecule has 0 fully saturated rings. The average Bonchev–Trinajstić information content (AvgIpc) is 2.80. The zero-order chi connectivity index (χ0) is 24.5. The molecule has 1 aromatic carbocycles. The van der Waals surface area contributed by atoms with Crippen molar-refractivity contribution in [2.75, 3.05) is 24.3 Å². The third-order valence-corrected chi connectivity index (χ3v) is 6.95. The molecule has 184 valence electrons. The molecule has 1 aromatic rings. The fourth-order valence-electron chi connectivity index (χ4n) is 3.89. The van der Waals surface area contributed by atoms with E-state index in [9.17, 15) is 19.5 Å². The number of hydrogen-bond acceptors (Lipinski definition) is 7. The Morgan fingerprint density at radius 3 is 2.52 bits per heavy atom. The van der Waals surface area contributed by atoms with Crippen LogP contribution < -0.4 is 16.4 Å². The van der Waals surface area contributed by atoms with E-state index < -0.39 is 30.0 Å². The van der Waals surface area contributed by atoms with Gasteiger partial charge in [-0.3, -0.25) is 14.4 Å². The van der Waals surface area contributed by atoms with Crippen molar-refractivity contribution in [1.82, 2.24) is 15.5 Å². The summed E-state index contributed by atoms with van der Waals surface area (Å²) in [4.78, 5) is 39.5. The predicted molar refractivity (Wildman–Crippen MR) is 136 cm³/mol. The molecule has 4 atom stereocenters. The molecule has 0 aromatic heterocycles. The average molecular weight is 497 g/mol. The number of nitrogens with one attached hydrogen (secondary N) is 2. The Hall–Kier alpha value is -1.75. The number of amides is 2. The minimum atomic E-state index is -0.897. The van der Waals surface area contributed by atoms with E-state index in [0.717, 1.165) is 16.9 Å². The van der Waals surface area contributed by atoms with Crippen LogP contribution in [0.15, 0.2) is 24.3 Å². The summed E-state index contributed by atoms with van der Waals surface area (Å²) in [6.45, 7) is 4.51. The zero-order valence-electron chi connectivity index (χ0n) is 19.5. The molecule has 10 heteroatoms. The van der Waals surface area contributed by atoms with Crippen molar-refractivity contribution in [3.63, 3.8) is 0 Å². The van der Waals surface area contributed by atoms with Gasteiger partial charge in [-0.25, -0.2) is 0 Å². The van der Waals surface area contributed by atoms with E-state index in [1.165, 1.54) is 0 Å². The summed E-state index contributed by atoms with van der Waals surface area (Å²) < 4.78 is 0. The summed E-state index contributed by atoms with van der Waals surface area (Å²) in [5, 5.41) is 15.5. The first-order valence-corrected chi connectivity index (χ1v) is 13.2. The lowest BCUT2D eigenvalue weighted by atomic mass is 9.91. The number of nitrogens with two attached hydrogens (primary N) is 1. The Morgan fingerprint density at radius 2 is 1.94 bits per heavy atom. The number of carboxylic acid groups (broad SMARTS) is 1. The highest BCUT2D eigenvalue weighted by Gasteiger charge is 2.36. The smallest absolute Gasteiger partial charge is 0.320 e. The Balaban J connectivity index is 2.25. The largest absolute Gasteiger partial charge is 0.480 e. The quantitative estimate of drug-likeness (QED) is 0.275. The maximum atomic E-state index is 13.7. The molecule has 0 spiro atoms. The second-order valence-electron chi connectivity index (χ2n) is 8.69. The highest BCUT2D eigenvalue weighted by molar-refractivity contribution is 7.98. The molecule has 1 aliphatic heterocycles. The number of thiol groups is 1. The second kappa shape index (κ2) is 13.2. The van der Waals surface area contributed by atoms with Crippen molar-refractivity contribution < 1.29 is 19.5 Å². The monoisotopic (exact) mass is 496 g/mol. The number of carbonyl (C=O) groups excluding carboxylic acids is 2. The van der Waals surface area contributed by atoms with E-state index in [2.05, 4.69) is 23.3 Å². The number of benzene rings is 1. The lowest BCUT2D eigenvalue weighted by Gasteiger charge is -2.40. The van der Waals surface area contributed by atoms with Crippen LogP contribution in [0.25, 0.3) is 0 Å². The van der Waals surface area contributed by atoms with Crippen LogP contribution in [0.2, 0.25) is 0 Å². The SMILES string of the molecule is CSCC[C@@H](NC[C@H]1Cc2ccccc2CN1C(=O)[C@H](NC(=O)[C@H](N)CS)C(C)C)C(=O)O. The van der Waals surface area contributed by atoms with Gasteiger partial charge in [0.25, 0.3) is 0 Å². The van der Waals surface area contributed by atoms with Gasteiger partial charge >= 0.3 is 5.97 Å². The number of fused-ring (bicyclic) bond motifs is 1. The van der Waals surface area contributed by atoms with Gasteiger partial charge in [-0.05, 0) is 41.9 Å². The van der Waals surface area contributed by atoms with Gasteiger partial charge in [-0.2, -0.15) is 24.4 Å². The Kier molecular flexibility index (Phi) is 11.0. The molecule has 8 nitrogen and oxygen atoms in total. The van der Waals surface area contributed by atoms with Crippen LogP contribution >= 0.6 is 24.4 Å². The molecule has 0 aliphatic carbocycles. The van der Waals surface area contributed by atoms with Crippen molar-refractivity contribution >= 4 is 42.2 Å². The number of nitrogens with zero attached hydrogens (tertiary/aromatic N) is 1. The van der Waals surface area contributed by atoms with Crippen molar-refractivity contribution in [3.05, 3.63) is 35.4 Å². The highest BCUT2D eigenvalue weighted by Crippen LogP contribution is 2.25. The summed E-state index contributed by atoms with van der Waals surface area (Å²) in [5.74, 6) is -0.735. The van der Waals surface area contributed by atoms with Gasteiger partial charge in [0.15, 0.2) is 0 Å². The summed E-state index contributed by atoms with van der Waals surface area (Å²) in [6, 6.07) is 5.50. The van der Waals surface area contributed by atoms with Crippen molar-refractivity contribution in [1.29, 1.82) is 0 Å². The lowest BCUT2D eigenvalue weighted by molar-refractivity contribution is -0.141. The fraction of sp³-hybridized carbons (Fsp3) is 0.609. The minimum Gasteiger partial charge on any atom is -0.480 e. The van der Waals surface area contributed by atoms with Crippen LogP contribution in [0, 0.1) is 5.92 Å². The molecular formula is C23H36N4O4S2. The number of carbonyl (C=O) groups is 3. The molecule has 2 rings (SSSR count). The number of aliphatic carboxylic acids is 1. The van der Waals surface area contributed by atoms with Gasteiger partial charge in [0.1, 0.15) is 12.1 Å². The van der Waals surface area contributed by atoms with E-state index in [1.54, 1.807) is 16.7 Å². The maximum absolute atomic E-state index is 13.7. The standard InChI is InChI=1S/C23H36N4O4S2/c1-14(2)20(26-21(28)18(24)13-32)22(29)27-12-16-7-5-4-6-15(16)10-17(27)11-25-19(23(30)31)8-9-33-3/h4-7,14,17-20,25,32H,8-13,24H2,1-3H3,(H,26,28)(H,30,31)/t17-,18-,19-,20-/m1/s1. The summed E-state index contributed by atoms with van der Waals surface area (Å²) in [7, 11) is 0. The molecule has 1 heterocycles. The maximum Gasteiger partial charge on any atom is 0.320 e. The van der Waals surface area contributed by atoms with E-state index in [-0.39, 0.29) is 23.6 Å². The van der Waals surface area contributed by atoms with E-state index in [1.807, 2.05) is 44.4 Å². The van der Waals surface area contributed by atoms with Crippen LogP contribution in [0.5, 0.6) is 0 Å². The lowest BCUT2D eigenvalue weighted by Crippen LogP contribution is -2.59. The van der Waals surface area contributed by atoms with E-state index >= 15 is 0 Å². The Labute approximate surface area is 205 Å². The fourth-order valence-corrected chi connectivity index (χ4v) is 4.53. The van der Waals surface area contributed by atoms with E-state index in [4.69, 9.17) is 5.73 Å². The van der Waals surface area contributed by atoms with Crippen LogP contribution in [0.4, 0.5) is 0 Å². The minimum absolute atomic E-state index is 0.146. The molecular weight excluding hydrogens is 460 g/mol. The normalized spacial score (nSPS) is 18.4. The molecule has 0 saturated heterocycles. The second-order valence-corrected chi connectivity index (χ2v) is 10.0. The first kappa shape index (κ1) is 27.5.